The maximum atomic E-state index is 12.6. The number of alkyl carbamates (subject to hydrolysis) is 1. The molecule has 7 heteroatoms. The van der Waals surface area contributed by atoms with Crippen molar-refractivity contribution in [3.63, 3.8) is 0 Å². The molecule has 0 saturated carbocycles. The molecule has 0 fully saturated rings. The Labute approximate surface area is 187 Å². The van der Waals surface area contributed by atoms with E-state index >= 15 is 0 Å². The Hall–Kier alpha value is -3.61. The predicted molar refractivity (Wildman–Crippen MR) is 121 cm³/mol. The van der Waals surface area contributed by atoms with Crippen LogP contribution in [0.5, 0.6) is 0 Å². The van der Waals surface area contributed by atoms with Crippen LogP contribution in [0, 0.1) is 0 Å². The Kier molecular flexibility index (Phi) is 7.65. The predicted octanol–water partition coefficient (Wildman–Crippen LogP) is 3.84. The third-order valence-electron chi connectivity index (χ3n) is 5.51. The zero-order valence-corrected chi connectivity index (χ0v) is 18.0. The molecule has 7 nitrogen and oxygen atoms in total. The lowest BCUT2D eigenvalue weighted by atomic mass is 9.98. The van der Waals surface area contributed by atoms with E-state index in [0.717, 1.165) is 22.3 Å². The maximum absolute atomic E-state index is 12.6. The summed E-state index contributed by atoms with van der Waals surface area (Å²) in [5.74, 6) is -1.60. The van der Waals surface area contributed by atoms with E-state index in [2.05, 4.69) is 17.2 Å². The van der Waals surface area contributed by atoms with E-state index in [-0.39, 0.29) is 31.4 Å². The summed E-state index contributed by atoms with van der Waals surface area (Å²) in [6.07, 6.45) is 1.19. The second kappa shape index (κ2) is 10.6. The highest BCUT2D eigenvalue weighted by Crippen LogP contribution is 2.44. The first-order chi connectivity index (χ1) is 15.4. The normalized spacial score (nSPS) is 13.9. The summed E-state index contributed by atoms with van der Waals surface area (Å²) in [6, 6.07) is 14.8. The van der Waals surface area contributed by atoms with Crippen LogP contribution in [0.4, 0.5) is 4.79 Å². The van der Waals surface area contributed by atoms with Gasteiger partial charge in [-0.05, 0) is 42.0 Å². The zero-order valence-electron chi connectivity index (χ0n) is 18.0. The number of benzene rings is 2. The van der Waals surface area contributed by atoms with Crippen molar-refractivity contribution in [1.29, 1.82) is 0 Å². The number of fused-ring (bicyclic) bond motifs is 3. The molecule has 1 aliphatic rings. The summed E-state index contributed by atoms with van der Waals surface area (Å²) in [4.78, 5) is 36.1. The molecule has 0 aliphatic heterocycles. The van der Waals surface area contributed by atoms with Gasteiger partial charge in [-0.3, -0.25) is 9.59 Å². The van der Waals surface area contributed by atoms with Crippen LogP contribution >= 0.6 is 0 Å². The van der Waals surface area contributed by atoms with Crippen LogP contribution < -0.4 is 10.6 Å². The molecule has 0 spiro atoms. The zero-order chi connectivity index (χ0) is 23.1. The van der Waals surface area contributed by atoms with Gasteiger partial charge in [-0.15, -0.1) is 6.58 Å². The molecular weight excluding hydrogens is 408 g/mol. The molecule has 32 heavy (non-hydrogen) atoms. The Morgan fingerprint density at radius 1 is 1.06 bits per heavy atom. The van der Waals surface area contributed by atoms with Gasteiger partial charge in [0.05, 0.1) is 0 Å². The average Bonchev–Trinajstić information content (AvgIpc) is 3.09. The number of nitrogens with one attached hydrogen (secondary N) is 2. The summed E-state index contributed by atoms with van der Waals surface area (Å²) in [7, 11) is 0. The molecule has 2 unspecified atom stereocenters. The molecule has 2 aromatic carbocycles. The molecule has 2 aromatic rings. The monoisotopic (exact) mass is 436 g/mol. The second-order valence-corrected chi connectivity index (χ2v) is 7.89. The van der Waals surface area contributed by atoms with Crippen LogP contribution in [0.1, 0.15) is 43.2 Å². The van der Waals surface area contributed by atoms with Gasteiger partial charge in [-0.1, -0.05) is 54.6 Å². The number of hydrogen-bond acceptors (Lipinski definition) is 4. The van der Waals surface area contributed by atoms with Crippen molar-refractivity contribution in [3.8, 4) is 11.1 Å². The quantitative estimate of drug-likeness (QED) is 0.491. The first-order valence-corrected chi connectivity index (χ1v) is 10.6. The van der Waals surface area contributed by atoms with Crippen molar-refractivity contribution in [2.45, 2.75) is 44.2 Å². The van der Waals surface area contributed by atoms with Gasteiger partial charge in [-0.25, -0.2) is 4.79 Å². The minimum atomic E-state index is -1.05. The van der Waals surface area contributed by atoms with E-state index in [1.165, 1.54) is 0 Å². The third-order valence-corrected chi connectivity index (χ3v) is 5.51. The largest absolute Gasteiger partial charge is 0.481 e. The van der Waals surface area contributed by atoms with Crippen molar-refractivity contribution < 1.29 is 24.2 Å². The summed E-state index contributed by atoms with van der Waals surface area (Å²) in [5, 5.41) is 14.3. The molecule has 0 radical (unpaired) electrons. The number of carbonyl (C=O) groups excluding carboxylic acids is 2. The maximum Gasteiger partial charge on any atom is 0.407 e. The number of hydrogen-bond donors (Lipinski definition) is 3. The Balaban J connectivity index is 1.65. The van der Waals surface area contributed by atoms with Gasteiger partial charge >= 0.3 is 12.1 Å². The van der Waals surface area contributed by atoms with Gasteiger partial charge in [-0.2, -0.15) is 0 Å². The third kappa shape index (κ3) is 5.55. The van der Waals surface area contributed by atoms with Crippen molar-refractivity contribution in [1.82, 2.24) is 10.6 Å². The number of amides is 2. The Morgan fingerprint density at radius 2 is 1.66 bits per heavy atom. The van der Waals surface area contributed by atoms with Crippen LogP contribution in [-0.2, 0) is 14.3 Å². The minimum Gasteiger partial charge on any atom is -0.481 e. The molecule has 2 amide bonds. The molecule has 0 saturated heterocycles. The first-order valence-electron chi connectivity index (χ1n) is 10.6. The summed E-state index contributed by atoms with van der Waals surface area (Å²) < 4.78 is 5.49. The summed E-state index contributed by atoms with van der Waals surface area (Å²) >= 11 is 0. The Morgan fingerprint density at radius 3 is 2.22 bits per heavy atom. The molecule has 1 aliphatic carbocycles. The van der Waals surface area contributed by atoms with E-state index < -0.39 is 24.0 Å². The molecule has 3 rings (SSSR count). The van der Waals surface area contributed by atoms with Crippen molar-refractivity contribution in [2.24, 2.45) is 0 Å². The molecule has 0 aromatic heterocycles. The van der Waals surface area contributed by atoms with Gasteiger partial charge in [0.15, 0.2) is 0 Å². The van der Waals surface area contributed by atoms with Gasteiger partial charge in [0.1, 0.15) is 12.6 Å². The van der Waals surface area contributed by atoms with E-state index in [4.69, 9.17) is 9.84 Å². The van der Waals surface area contributed by atoms with E-state index in [9.17, 15) is 14.4 Å². The van der Waals surface area contributed by atoms with Gasteiger partial charge in [0.25, 0.3) is 0 Å². The highest BCUT2D eigenvalue weighted by atomic mass is 16.5. The minimum absolute atomic E-state index is 0.0355. The highest BCUT2D eigenvalue weighted by molar-refractivity contribution is 5.86. The van der Waals surface area contributed by atoms with Crippen molar-refractivity contribution >= 4 is 18.0 Å². The van der Waals surface area contributed by atoms with Crippen LogP contribution in [0.15, 0.2) is 61.2 Å². The SMILES string of the molecule is C=CCC(C)NC(=O)C(CCC(=O)O)NC(=O)OCC1c2ccccc2-c2ccccc21. The fraction of sp³-hybridized carbons (Fsp3) is 0.320. The number of carbonyl (C=O) groups is 3. The van der Waals surface area contributed by atoms with E-state index in [0.29, 0.717) is 6.42 Å². The molecular formula is C25H28N2O5. The van der Waals surface area contributed by atoms with Gasteiger partial charge in [0, 0.05) is 18.4 Å². The topological polar surface area (TPSA) is 105 Å². The second-order valence-electron chi connectivity index (χ2n) is 7.89. The van der Waals surface area contributed by atoms with Crippen LogP contribution in [0.3, 0.4) is 0 Å². The molecule has 168 valence electrons. The number of carboxylic acid groups (broad SMARTS) is 1. The Bertz CT molecular complexity index is 958. The fourth-order valence-electron chi connectivity index (χ4n) is 3.97. The lowest BCUT2D eigenvalue weighted by molar-refractivity contribution is -0.137. The number of aliphatic carboxylic acids is 1. The average molecular weight is 437 g/mol. The van der Waals surface area contributed by atoms with Gasteiger partial charge in [0.2, 0.25) is 5.91 Å². The standard InChI is InChI=1S/C25H28N2O5/c1-3-8-16(2)26-24(30)22(13-14-23(28)29)27-25(31)32-15-21-19-11-6-4-9-17(19)18-10-5-7-12-20(18)21/h3-7,9-12,16,21-22H,1,8,13-15H2,2H3,(H,26,30)(H,27,31)(H,28,29). The molecule has 3 N–H and O–H groups in total. The van der Waals surface area contributed by atoms with Crippen molar-refractivity contribution in [2.75, 3.05) is 6.61 Å². The van der Waals surface area contributed by atoms with Crippen LogP contribution in [0.25, 0.3) is 11.1 Å². The lowest BCUT2D eigenvalue weighted by Gasteiger charge is -2.21. The van der Waals surface area contributed by atoms with Crippen LogP contribution in [-0.4, -0.2) is 41.8 Å². The highest BCUT2D eigenvalue weighted by Gasteiger charge is 2.30. The summed E-state index contributed by atoms with van der Waals surface area (Å²) in [6.45, 7) is 5.55. The number of ether oxygens (including phenoxy) is 1. The first kappa shape index (κ1) is 23.1. The summed E-state index contributed by atoms with van der Waals surface area (Å²) in [5.41, 5.74) is 4.40. The fourth-order valence-corrected chi connectivity index (χ4v) is 3.97. The van der Waals surface area contributed by atoms with Crippen LogP contribution in [0.2, 0.25) is 0 Å². The molecule has 0 bridgehead atoms. The molecule has 2 atom stereocenters. The number of carboxylic acids is 1. The number of rotatable bonds is 10. The van der Waals surface area contributed by atoms with E-state index in [1.807, 2.05) is 48.5 Å². The lowest BCUT2D eigenvalue weighted by Crippen LogP contribution is -2.49. The molecule has 0 heterocycles. The van der Waals surface area contributed by atoms with Crippen molar-refractivity contribution in [3.05, 3.63) is 72.3 Å². The smallest absolute Gasteiger partial charge is 0.407 e. The van der Waals surface area contributed by atoms with E-state index in [1.54, 1.807) is 13.0 Å². The van der Waals surface area contributed by atoms with Gasteiger partial charge < -0.3 is 20.5 Å².